The number of hydrogen-bond acceptors (Lipinski definition) is 3. The smallest absolute Gasteiger partial charge is 0.0984 e. The van der Waals surface area contributed by atoms with E-state index in [-0.39, 0.29) is 11.8 Å². The number of hydrogen-bond donors (Lipinski definition) is 2. The van der Waals surface area contributed by atoms with E-state index in [4.69, 9.17) is 0 Å². The molecule has 0 radical (unpaired) electrons. The van der Waals surface area contributed by atoms with Gasteiger partial charge in [-0.05, 0) is 25.2 Å². The first-order chi connectivity index (χ1) is 9.15. The summed E-state index contributed by atoms with van der Waals surface area (Å²) in [5.74, 6) is 0.442. The molecular formula is C16H33NO2. The maximum Gasteiger partial charge on any atom is 0.0984 e. The molecule has 0 aromatic rings. The lowest BCUT2D eigenvalue weighted by Crippen LogP contribution is -2.34. The average molecular weight is 271 g/mol. The Kier molecular flexibility index (Phi) is 10.9. The number of rotatable bonds is 11. The molecule has 0 aliphatic rings. The lowest BCUT2D eigenvalue weighted by Gasteiger charge is -2.26. The Balaban J connectivity index is 4.69. The zero-order valence-corrected chi connectivity index (χ0v) is 13.2. The first kappa shape index (κ1) is 18.4. The zero-order chi connectivity index (χ0) is 14.7. The molecule has 19 heavy (non-hydrogen) atoms. The number of nitrogens with zero attached hydrogens (tertiary/aromatic N) is 1. The number of aliphatic hydroxyl groups is 1. The zero-order valence-electron chi connectivity index (χ0n) is 13.2. The van der Waals surface area contributed by atoms with Gasteiger partial charge < -0.3 is 10.3 Å². The quantitative estimate of drug-likeness (QED) is 0.327. The van der Waals surface area contributed by atoms with Crippen molar-refractivity contribution in [3.63, 3.8) is 0 Å². The Morgan fingerprint density at radius 3 is 1.95 bits per heavy atom. The molecule has 0 saturated carbocycles. The normalized spacial score (nSPS) is 17.2. The molecule has 3 atom stereocenters. The molecule has 0 fully saturated rings. The van der Waals surface area contributed by atoms with Gasteiger partial charge in [-0.3, -0.25) is 0 Å². The van der Waals surface area contributed by atoms with Gasteiger partial charge in [-0.1, -0.05) is 65.0 Å². The third-order valence-electron chi connectivity index (χ3n) is 4.14. The number of aliphatic hydroxyl groups excluding tert-OH is 1. The van der Waals surface area contributed by atoms with Crippen molar-refractivity contribution in [1.82, 2.24) is 0 Å². The summed E-state index contributed by atoms with van der Waals surface area (Å²) in [7, 11) is 0. The highest BCUT2D eigenvalue weighted by Gasteiger charge is 2.27. The van der Waals surface area contributed by atoms with E-state index in [0.717, 1.165) is 51.4 Å². The highest BCUT2D eigenvalue weighted by molar-refractivity contribution is 5.90. The SMILES string of the molecule is CCCCC(CC)/C(=N/O)C(O)C(CC)CCCC. The van der Waals surface area contributed by atoms with Gasteiger partial charge in [-0.25, -0.2) is 0 Å². The van der Waals surface area contributed by atoms with Crippen LogP contribution in [0.25, 0.3) is 0 Å². The first-order valence-electron chi connectivity index (χ1n) is 8.05. The first-order valence-corrected chi connectivity index (χ1v) is 8.05. The second-order valence-corrected chi connectivity index (χ2v) is 5.53. The lowest BCUT2D eigenvalue weighted by molar-refractivity contribution is 0.146. The fourth-order valence-corrected chi connectivity index (χ4v) is 2.69. The van der Waals surface area contributed by atoms with Crippen LogP contribution in [0.2, 0.25) is 0 Å². The molecule has 0 aromatic carbocycles. The van der Waals surface area contributed by atoms with Crippen LogP contribution in [-0.2, 0) is 0 Å². The van der Waals surface area contributed by atoms with Crippen molar-refractivity contribution < 1.29 is 10.3 Å². The van der Waals surface area contributed by atoms with Crippen molar-refractivity contribution in [2.45, 2.75) is 85.2 Å². The van der Waals surface area contributed by atoms with Gasteiger partial charge in [0.25, 0.3) is 0 Å². The van der Waals surface area contributed by atoms with Gasteiger partial charge >= 0.3 is 0 Å². The van der Waals surface area contributed by atoms with Crippen LogP contribution in [-0.4, -0.2) is 22.1 Å². The summed E-state index contributed by atoms with van der Waals surface area (Å²) in [6.07, 6.45) is 7.83. The van der Waals surface area contributed by atoms with Gasteiger partial charge in [0, 0.05) is 5.92 Å². The van der Waals surface area contributed by atoms with Crippen LogP contribution in [0, 0.1) is 11.8 Å². The summed E-state index contributed by atoms with van der Waals surface area (Å²) in [5.41, 5.74) is 0.610. The molecule has 0 heterocycles. The molecule has 0 rings (SSSR count). The third-order valence-corrected chi connectivity index (χ3v) is 4.14. The van der Waals surface area contributed by atoms with Crippen LogP contribution >= 0.6 is 0 Å². The minimum atomic E-state index is -0.580. The van der Waals surface area contributed by atoms with E-state index < -0.39 is 6.10 Å². The van der Waals surface area contributed by atoms with E-state index in [1.807, 2.05) is 0 Å². The predicted octanol–water partition coefficient (Wildman–Crippen LogP) is 4.61. The van der Waals surface area contributed by atoms with Gasteiger partial charge in [0.15, 0.2) is 0 Å². The van der Waals surface area contributed by atoms with Crippen LogP contribution in [0.3, 0.4) is 0 Å². The van der Waals surface area contributed by atoms with Gasteiger partial charge in [0.2, 0.25) is 0 Å². The maximum absolute atomic E-state index is 10.5. The standard InChI is InChI=1S/C16H33NO2/c1-5-9-11-13(7-3)15(17-19)16(18)14(8-4)12-10-6-2/h13-14,16,18-19H,5-12H2,1-4H3/b17-15-. The van der Waals surface area contributed by atoms with Crippen molar-refractivity contribution in [3.8, 4) is 0 Å². The molecule has 0 spiro atoms. The van der Waals surface area contributed by atoms with Crippen LogP contribution < -0.4 is 0 Å². The van der Waals surface area contributed by atoms with Crippen LogP contribution in [0.4, 0.5) is 0 Å². The van der Waals surface area contributed by atoms with Gasteiger partial charge in [-0.15, -0.1) is 0 Å². The van der Waals surface area contributed by atoms with E-state index in [1.165, 1.54) is 0 Å². The average Bonchev–Trinajstić information content (AvgIpc) is 2.44. The van der Waals surface area contributed by atoms with Crippen LogP contribution in [0.1, 0.15) is 79.1 Å². The van der Waals surface area contributed by atoms with Crippen molar-refractivity contribution in [2.75, 3.05) is 0 Å². The van der Waals surface area contributed by atoms with Crippen LogP contribution in [0.15, 0.2) is 5.16 Å². The Hall–Kier alpha value is -0.570. The minimum Gasteiger partial charge on any atom is -0.411 e. The molecule has 0 amide bonds. The largest absolute Gasteiger partial charge is 0.411 e. The molecule has 0 bridgehead atoms. The minimum absolute atomic E-state index is 0.218. The van der Waals surface area contributed by atoms with E-state index in [1.54, 1.807) is 0 Å². The lowest BCUT2D eigenvalue weighted by atomic mass is 9.83. The third kappa shape index (κ3) is 6.42. The molecule has 3 heteroatoms. The molecular weight excluding hydrogens is 238 g/mol. The highest BCUT2D eigenvalue weighted by Crippen LogP contribution is 2.24. The summed E-state index contributed by atoms with van der Waals surface area (Å²) in [4.78, 5) is 0. The number of oxime groups is 1. The summed E-state index contributed by atoms with van der Waals surface area (Å²) in [6, 6.07) is 0. The second-order valence-electron chi connectivity index (χ2n) is 5.53. The topological polar surface area (TPSA) is 52.8 Å². The fourth-order valence-electron chi connectivity index (χ4n) is 2.69. The molecule has 0 aromatic heterocycles. The molecule has 2 N–H and O–H groups in total. The monoisotopic (exact) mass is 271 g/mol. The van der Waals surface area contributed by atoms with Gasteiger partial charge in [0.05, 0.1) is 11.8 Å². The Labute approximate surface area is 119 Å². The molecule has 3 unspecified atom stereocenters. The van der Waals surface area contributed by atoms with Crippen molar-refractivity contribution in [3.05, 3.63) is 0 Å². The number of unbranched alkanes of at least 4 members (excludes halogenated alkanes) is 2. The predicted molar refractivity (Wildman–Crippen MR) is 81.8 cm³/mol. The molecule has 3 nitrogen and oxygen atoms in total. The Morgan fingerprint density at radius 1 is 0.947 bits per heavy atom. The van der Waals surface area contributed by atoms with Crippen molar-refractivity contribution >= 4 is 5.71 Å². The summed E-state index contributed by atoms with van der Waals surface area (Å²) >= 11 is 0. The maximum atomic E-state index is 10.5. The summed E-state index contributed by atoms with van der Waals surface area (Å²) in [6.45, 7) is 8.53. The van der Waals surface area contributed by atoms with Gasteiger partial charge in [0.1, 0.15) is 0 Å². The van der Waals surface area contributed by atoms with E-state index in [2.05, 4.69) is 32.9 Å². The van der Waals surface area contributed by atoms with Crippen molar-refractivity contribution in [1.29, 1.82) is 0 Å². The van der Waals surface area contributed by atoms with E-state index in [0.29, 0.717) is 5.71 Å². The highest BCUT2D eigenvalue weighted by atomic mass is 16.4. The van der Waals surface area contributed by atoms with E-state index >= 15 is 0 Å². The molecule has 114 valence electrons. The molecule has 0 aliphatic carbocycles. The second kappa shape index (κ2) is 11.3. The summed E-state index contributed by atoms with van der Waals surface area (Å²) in [5, 5.41) is 23.3. The van der Waals surface area contributed by atoms with Gasteiger partial charge in [-0.2, -0.15) is 0 Å². The molecule has 0 aliphatic heterocycles. The van der Waals surface area contributed by atoms with Crippen LogP contribution in [0.5, 0.6) is 0 Å². The van der Waals surface area contributed by atoms with E-state index in [9.17, 15) is 10.3 Å². The Bertz CT molecular complexity index is 241. The summed E-state index contributed by atoms with van der Waals surface area (Å²) < 4.78 is 0. The molecule has 0 saturated heterocycles. The Morgan fingerprint density at radius 2 is 1.53 bits per heavy atom. The van der Waals surface area contributed by atoms with Crippen molar-refractivity contribution in [2.24, 2.45) is 17.0 Å². The fraction of sp³-hybridized carbons (Fsp3) is 0.938.